The third kappa shape index (κ3) is 2.72. The summed E-state index contributed by atoms with van der Waals surface area (Å²) < 4.78 is 0. The second-order valence-corrected chi connectivity index (χ2v) is 5.93. The lowest BCUT2D eigenvalue weighted by Crippen LogP contribution is -2.44. The fraction of sp³-hybridized carbons (Fsp3) is 0.615. The van der Waals surface area contributed by atoms with Crippen molar-refractivity contribution in [2.24, 2.45) is 0 Å². The van der Waals surface area contributed by atoms with Gasteiger partial charge in [0, 0.05) is 68.7 Å². The van der Waals surface area contributed by atoms with Crippen molar-refractivity contribution in [2.45, 2.75) is 0 Å². The van der Waals surface area contributed by atoms with Crippen LogP contribution in [-0.2, 0) is 0 Å². The molecule has 4 nitrogen and oxygen atoms in total. The lowest BCUT2D eigenvalue weighted by atomic mass is 10.3. The molecular weight excluding hydrogens is 244 g/mol. The average molecular weight is 264 g/mol. The van der Waals surface area contributed by atoms with E-state index in [1.165, 1.54) is 17.2 Å². The van der Waals surface area contributed by atoms with Crippen molar-refractivity contribution in [3.05, 3.63) is 18.3 Å². The highest BCUT2D eigenvalue weighted by atomic mass is 32.2. The maximum absolute atomic E-state index is 4.52. The van der Waals surface area contributed by atoms with E-state index in [9.17, 15) is 0 Å². The maximum Gasteiger partial charge on any atom is 0.130 e. The Morgan fingerprint density at radius 1 is 1.06 bits per heavy atom. The molecule has 2 saturated heterocycles. The van der Waals surface area contributed by atoms with Gasteiger partial charge in [0.15, 0.2) is 0 Å². The van der Waals surface area contributed by atoms with Gasteiger partial charge < -0.3 is 15.1 Å². The molecule has 1 N–H and O–H groups in total. The molecule has 3 heterocycles. The molecule has 1 aromatic heterocycles. The normalized spacial score (nSPS) is 21.1. The van der Waals surface area contributed by atoms with Crippen molar-refractivity contribution in [3.63, 3.8) is 0 Å². The Labute approximate surface area is 113 Å². The molecule has 5 heteroatoms. The second kappa shape index (κ2) is 5.80. The monoisotopic (exact) mass is 264 g/mol. The minimum absolute atomic E-state index is 1.06. The van der Waals surface area contributed by atoms with E-state index in [4.69, 9.17) is 0 Å². The summed E-state index contributed by atoms with van der Waals surface area (Å²) in [4.78, 5) is 9.37. The molecule has 2 fully saturated rings. The van der Waals surface area contributed by atoms with Crippen LogP contribution in [0.25, 0.3) is 0 Å². The van der Waals surface area contributed by atoms with Gasteiger partial charge in [0.25, 0.3) is 0 Å². The highest BCUT2D eigenvalue weighted by Gasteiger charge is 2.15. The van der Waals surface area contributed by atoms with Gasteiger partial charge in [-0.1, -0.05) is 0 Å². The van der Waals surface area contributed by atoms with Crippen LogP contribution in [0.1, 0.15) is 0 Å². The molecule has 18 heavy (non-hydrogen) atoms. The molecule has 0 amide bonds. The molecular formula is C13H20N4S. The predicted octanol–water partition coefficient (Wildman–Crippen LogP) is 1.04. The number of thioether (sulfide) groups is 1. The summed E-state index contributed by atoms with van der Waals surface area (Å²) in [5.74, 6) is 3.61. The average Bonchev–Trinajstić information content (AvgIpc) is 2.49. The van der Waals surface area contributed by atoms with Crippen LogP contribution in [0.3, 0.4) is 0 Å². The van der Waals surface area contributed by atoms with Gasteiger partial charge in [-0.25, -0.2) is 4.98 Å². The van der Waals surface area contributed by atoms with E-state index in [1.54, 1.807) is 0 Å². The van der Waals surface area contributed by atoms with Crippen LogP contribution in [0.15, 0.2) is 18.3 Å². The summed E-state index contributed by atoms with van der Waals surface area (Å²) in [5.41, 5.74) is 1.33. The van der Waals surface area contributed by atoms with Crippen molar-refractivity contribution in [1.82, 2.24) is 10.3 Å². The van der Waals surface area contributed by atoms with Gasteiger partial charge >= 0.3 is 0 Å². The fourth-order valence-corrected chi connectivity index (χ4v) is 3.40. The Balaban J connectivity index is 1.75. The third-order valence-corrected chi connectivity index (χ3v) is 4.49. The van der Waals surface area contributed by atoms with Gasteiger partial charge in [-0.2, -0.15) is 11.8 Å². The SMILES string of the molecule is c1cc(N2CCSCC2)cc(N2CCNCC2)n1. The van der Waals surface area contributed by atoms with Gasteiger partial charge in [0.1, 0.15) is 5.82 Å². The molecule has 0 spiro atoms. The fourth-order valence-electron chi connectivity index (χ4n) is 2.49. The molecule has 3 rings (SSSR count). The minimum atomic E-state index is 1.06. The van der Waals surface area contributed by atoms with E-state index in [1.807, 2.05) is 18.0 Å². The van der Waals surface area contributed by atoms with Gasteiger partial charge in [-0.3, -0.25) is 0 Å². The molecule has 2 aliphatic rings. The molecule has 1 aromatic rings. The largest absolute Gasteiger partial charge is 0.370 e. The quantitative estimate of drug-likeness (QED) is 0.863. The van der Waals surface area contributed by atoms with Crippen LogP contribution >= 0.6 is 11.8 Å². The zero-order valence-electron chi connectivity index (χ0n) is 10.6. The van der Waals surface area contributed by atoms with Gasteiger partial charge in [0.2, 0.25) is 0 Å². The minimum Gasteiger partial charge on any atom is -0.370 e. The summed E-state index contributed by atoms with van der Waals surface area (Å²) in [5, 5.41) is 3.38. The lowest BCUT2D eigenvalue weighted by Gasteiger charge is -2.31. The standard InChI is InChI=1S/C13H20N4S/c1-2-15-13(17-5-3-14-4-6-17)11-12(1)16-7-9-18-10-8-16/h1-2,11,14H,3-10H2. The summed E-state index contributed by atoms with van der Waals surface area (Å²) in [7, 11) is 0. The number of aromatic nitrogens is 1. The number of nitrogens with one attached hydrogen (secondary N) is 1. The Morgan fingerprint density at radius 3 is 2.61 bits per heavy atom. The molecule has 0 bridgehead atoms. The predicted molar refractivity (Wildman–Crippen MR) is 78.9 cm³/mol. The topological polar surface area (TPSA) is 31.4 Å². The first kappa shape index (κ1) is 12.1. The number of hydrogen-bond donors (Lipinski definition) is 1. The number of hydrogen-bond acceptors (Lipinski definition) is 5. The number of anilines is 2. The van der Waals surface area contributed by atoms with E-state index in [2.05, 4.69) is 32.2 Å². The Bertz CT molecular complexity index is 353. The molecule has 0 aliphatic carbocycles. The van der Waals surface area contributed by atoms with Crippen LogP contribution in [0, 0.1) is 0 Å². The van der Waals surface area contributed by atoms with Gasteiger partial charge in [0.05, 0.1) is 0 Å². The molecule has 0 radical (unpaired) electrons. The van der Waals surface area contributed by atoms with Crippen molar-refractivity contribution in [3.8, 4) is 0 Å². The number of pyridine rings is 1. The summed E-state index contributed by atoms with van der Waals surface area (Å²) in [6.45, 7) is 6.57. The van der Waals surface area contributed by atoms with Crippen molar-refractivity contribution >= 4 is 23.3 Å². The molecule has 0 saturated carbocycles. The van der Waals surface area contributed by atoms with E-state index in [0.29, 0.717) is 0 Å². The van der Waals surface area contributed by atoms with E-state index in [-0.39, 0.29) is 0 Å². The van der Waals surface area contributed by atoms with Crippen LogP contribution in [-0.4, -0.2) is 55.8 Å². The highest BCUT2D eigenvalue weighted by molar-refractivity contribution is 7.99. The van der Waals surface area contributed by atoms with E-state index >= 15 is 0 Å². The second-order valence-electron chi connectivity index (χ2n) is 4.71. The van der Waals surface area contributed by atoms with E-state index in [0.717, 1.165) is 45.1 Å². The first-order valence-corrected chi connectivity index (χ1v) is 7.83. The van der Waals surface area contributed by atoms with Crippen LogP contribution in [0.4, 0.5) is 11.5 Å². The third-order valence-electron chi connectivity index (χ3n) is 3.55. The lowest BCUT2D eigenvalue weighted by molar-refractivity contribution is 0.585. The summed E-state index contributed by atoms with van der Waals surface area (Å²) >= 11 is 2.05. The molecule has 0 aromatic carbocycles. The molecule has 2 aliphatic heterocycles. The van der Waals surface area contributed by atoms with Crippen molar-refractivity contribution in [2.75, 3.05) is 60.6 Å². The van der Waals surface area contributed by atoms with Crippen molar-refractivity contribution < 1.29 is 0 Å². The van der Waals surface area contributed by atoms with Crippen molar-refractivity contribution in [1.29, 1.82) is 0 Å². The first-order chi connectivity index (χ1) is 8.93. The molecule has 98 valence electrons. The Kier molecular flexibility index (Phi) is 3.90. The van der Waals surface area contributed by atoms with Crippen LogP contribution in [0.5, 0.6) is 0 Å². The Hall–Kier alpha value is -0.940. The summed E-state index contributed by atoms with van der Waals surface area (Å²) in [6.07, 6.45) is 1.95. The smallest absolute Gasteiger partial charge is 0.130 e. The zero-order valence-corrected chi connectivity index (χ0v) is 11.5. The van der Waals surface area contributed by atoms with Gasteiger partial charge in [-0.05, 0) is 6.07 Å². The van der Waals surface area contributed by atoms with E-state index < -0.39 is 0 Å². The molecule has 0 unspecified atom stereocenters. The highest BCUT2D eigenvalue weighted by Crippen LogP contribution is 2.23. The van der Waals surface area contributed by atoms with Crippen LogP contribution in [0.2, 0.25) is 0 Å². The number of rotatable bonds is 2. The number of piperazine rings is 1. The number of nitrogens with zero attached hydrogens (tertiary/aromatic N) is 3. The van der Waals surface area contributed by atoms with Gasteiger partial charge in [-0.15, -0.1) is 0 Å². The maximum atomic E-state index is 4.52. The first-order valence-electron chi connectivity index (χ1n) is 6.68. The van der Waals surface area contributed by atoms with Crippen LogP contribution < -0.4 is 15.1 Å². The Morgan fingerprint density at radius 2 is 1.83 bits per heavy atom. The zero-order chi connectivity index (χ0) is 12.2. The molecule has 0 atom stereocenters. The summed E-state index contributed by atoms with van der Waals surface area (Å²) in [6, 6.07) is 4.39.